The van der Waals surface area contributed by atoms with E-state index >= 15 is 0 Å². The molecular weight excluding hydrogens is 260 g/mol. The number of carbonyl (C=O) groups excluding carboxylic acids is 1. The number of Topliss-reactive ketones (excluding diaryl/α,β-unsaturated/α-hetero) is 1. The van der Waals surface area contributed by atoms with Gasteiger partial charge in [-0.25, -0.2) is 0 Å². The zero-order valence-electron chi connectivity index (χ0n) is 12.7. The second kappa shape index (κ2) is 7.19. The van der Waals surface area contributed by atoms with Crippen LogP contribution < -0.4 is 0 Å². The van der Waals surface area contributed by atoms with E-state index in [0.29, 0.717) is 11.1 Å². The van der Waals surface area contributed by atoms with Crippen LogP contribution >= 0.6 is 0 Å². The summed E-state index contributed by atoms with van der Waals surface area (Å²) >= 11 is 0. The third kappa shape index (κ3) is 3.79. The summed E-state index contributed by atoms with van der Waals surface area (Å²) in [4.78, 5) is 12.4. The number of ketones is 1. The summed E-state index contributed by atoms with van der Waals surface area (Å²) in [6.45, 7) is 4.10. The Bertz CT molecular complexity index is 602. The monoisotopic (exact) mass is 282 g/mol. The molecule has 2 nitrogen and oxygen atoms in total. The third-order valence-corrected chi connectivity index (χ3v) is 3.74. The summed E-state index contributed by atoms with van der Waals surface area (Å²) in [5, 5.41) is 10.2. The molecule has 0 aliphatic rings. The van der Waals surface area contributed by atoms with E-state index in [1.807, 2.05) is 37.3 Å². The summed E-state index contributed by atoms with van der Waals surface area (Å²) in [6, 6.07) is 15.0. The van der Waals surface area contributed by atoms with E-state index in [1.165, 1.54) is 5.56 Å². The van der Waals surface area contributed by atoms with Crippen LogP contribution in [0, 0.1) is 6.92 Å². The van der Waals surface area contributed by atoms with Gasteiger partial charge >= 0.3 is 0 Å². The number of aliphatic hydroxyl groups is 1. The fraction of sp³-hybridized carbons (Fsp3) is 0.316. The molecule has 0 radical (unpaired) electrons. The van der Waals surface area contributed by atoms with Crippen molar-refractivity contribution >= 4 is 5.78 Å². The van der Waals surface area contributed by atoms with Crippen molar-refractivity contribution < 1.29 is 9.90 Å². The Morgan fingerprint density at radius 3 is 2.48 bits per heavy atom. The number of benzene rings is 2. The van der Waals surface area contributed by atoms with Gasteiger partial charge in [-0.15, -0.1) is 0 Å². The molecular formula is C19H22O2. The molecule has 0 heterocycles. The summed E-state index contributed by atoms with van der Waals surface area (Å²) in [6.07, 6.45) is 2.25. The molecule has 21 heavy (non-hydrogen) atoms. The maximum atomic E-state index is 12.4. The minimum Gasteiger partial charge on any atom is -0.380 e. The molecule has 2 heteroatoms. The van der Waals surface area contributed by atoms with E-state index in [2.05, 4.69) is 13.0 Å². The Kier molecular flexibility index (Phi) is 5.29. The highest BCUT2D eigenvalue weighted by Crippen LogP contribution is 2.21. The maximum absolute atomic E-state index is 12.4. The van der Waals surface area contributed by atoms with Gasteiger partial charge in [0.2, 0.25) is 0 Å². The first-order valence-electron chi connectivity index (χ1n) is 7.50. The molecule has 2 aromatic rings. The SMILES string of the molecule is CCCCc1ccc(C(=O)C(O)c2ccccc2)c(C)c1. The molecule has 0 saturated carbocycles. The average molecular weight is 282 g/mol. The van der Waals surface area contributed by atoms with E-state index in [9.17, 15) is 9.90 Å². The molecule has 1 atom stereocenters. The highest BCUT2D eigenvalue weighted by molar-refractivity contribution is 6.01. The molecule has 0 amide bonds. The number of aryl methyl sites for hydroxylation is 2. The van der Waals surface area contributed by atoms with E-state index in [4.69, 9.17) is 0 Å². The van der Waals surface area contributed by atoms with Crippen molar-refractivity contribution in [1.82, 2.24) is 0 Å². The van der Waals surface area contributed by atoms with Gasteiger partial charge in [-0.1, -0.05) is 61.9 Å². The van der Waals surface area contributed by atoms with Crippen LogP contribution in [0.4, 0.5) is 0 Å². The zero-order valence-corrected chi connectivity index (χ0v) is 12.7. The van der Waals surface area contributed by atoms with E-state index in [1.54, 1.807) is 12.1 Å². The van der Waals surface area contributed by atoms with Gasteiger partial charge in [-0.05, 0) is 36.5 Å². The standard InChI is InChI=1S/C19H22O2/c1-3-4-8-15-11-12-17(14(2)13-15)19(21)18(20)16-9-6-5-7-10-16/h5-7,9-13,18,20H,3-4,8H2,1-2H3. The highest BCUT2D eigenvalue weighted by atomic mass is 16.3. The fourth-order valence-corrected chi connectivity index (χ4v) is 2.47. The van der Waals surface area contributed by atoms with Gasteiger partial charge < -0.3 is 5.11 Å². The van der Waals surface area contributed by atoms with E-state index < -0.39 is 6.10 Å². The first-order chi connectivity index (χ1) is 10.1. The van der Waals surface area contributed by atoms with Crippen molar-refractivity contribution in [2.24, 2.45) is 0 Å². The Morgan fingerprint density at radius 2 is 1.86 bits per heavy atom. The summed E-state index contributed by atoms with van der Waals surface area (Å²) in [5.74, 6) is -0.235. The van der Waals surface area contributed by atoms with Crippen molar-refractivity contribution in [2.45, 2.75) is 39.2 Å². The van der Waals surface area contributed by atoms with Gasteiger partial charge in [0.15, 0.2) is 5.78 Å². The number of hydrogen-bond acceptors (Lipinski definition) is 2. The van der Waals surface area contributed by atoms with Crippen LogP contribution in [0.15, 0.2) is 48.5 Å². The van der Waals surface area contributed by atoms with Crippen molar-refractivity contribution in [3.05, 3.63) is 70.8 Å². The van der Waals surface area contributed by atoms with Crippen molar-refractivity contribution in [3.63, 3.8) is 0 Å². The van der Waals surface area contributed by atoms with Crippen LogP contribution in [0.5, 0.6) is 0 Å². The van der Waals surface area contributed by atoms with Crippen molar-refractivity contribution in [2.75, 3.05) is 0 Å². The Morgan fingerprint density at radius 1 is 1.14 bits per heavy atom. The molecule has 2 aromatic carbocycles. The predicted molar refractivity (Wildman–Crippen MR) is 85.5 cm³/mol. The molecule has 2 rings (SSSR count). The summed E-state index contributed by atoms with van der Waals surface area (Å²) in [5.41, 5.74) is 3.42. The number of aliphatic hydroxyl groups excluding tert-OH is 1. The van der Waals surface area contributed by atoms with Crippen LogP contribution in [-0.4, -0.2) is 10.9 Å². The van der Waals surface area contributed by atoms with Gasteiger partial charge in [0.25, 0.3) is 0 Å². The van der Waals surface area contributed by atoms with Gasteiger partial charge in [-0.2, -0.15) is 0 Å². The maximum Gasteiger partial charge on any atom is 0.196 e. The zero-order chi connectivity index (χ0) is 15.2. The Balaban J connectivity index is 2.19. The van der Waals surface area contributed by atoms with E-state index in [0.717, 1.165) is 24.8 Å². The predicted octanol–water partition coefficient (Wildman–Crippen LogP) is 4.25. The van der Waals surface area contributed by atoms with Gasteiger partial charge in [-0.3, -0.25) is 4.79 Å². The molecule has 0 aromatic heterocycles. The second-order valence-corrected chi connectivity index (χ2v) is 5.43. The molecule has 0 saturated heterocycles. The Labute approximate surface area is 126 Å². The quantitative estimate of drug-likeness (QED) is 0.804. The number of hydrogen-bond donors (Lipinski definition) is 1. The molecule has 0 aliphatic heterocycles. The second-order valence-electron chi connectivity index (χ2n) is 5.43. The van der Waals surface area contributed by atoms with Crippen molar-refractivity contribution in [3.8, 4) is 0 Å². The molecule has 110 valence electrons. The van der Waals surface area contributed by atoms with Gasteiger partial charge in [0.1, 0.15) is 6.10 Å². The van der Waals surface area contributed by atoms with Gasteiger partial charge in [0, 0.05) is 5.56 Å². The average Bonchev–Trinajstić information content (AvgIpc) is 2.52. The number of unbranched alkanes of at least 4 members (excludes halogenated alkanes) is 1. The van der Waals surface area contributed by atoms with Gasteiger partial charge in [0.05, 0.1) is 0 Å². The smallest absolute Gasteiger partial charge is 0.196 e. The molecule has 0 aliphatic carbocycles. The lowest BCUT2D eigenvalue weighted by atomic mass is 9.94. The van der Waals surface area contributed by atoms with Crippen LogP contribution in [0.25, 0.3) is 0 Å². The minimum absolute atomic E-state index is 0.235. The molecule has 1 N–H and O–H groups in total. The Hall–Kier alpha value is -1.93. The highest BCUT2D eigenvalue weighted by Gasteiger charge is 2.20. The number of carbonyl (C=O) groups is 1. The van der Waals surface area contributed by atoms with Crippen LogP contribution in [0.1, 0.15) is 52.9 Å². The molecule has 0 fully saturated rings. The largest absolute Gasteiger partial charge is 0.380 e. The molecule has 0 bridgehead atoms. The molecule has 1 unspecified atom stereocenters. The van der Waals surface area contributed by atoms with Crippen molar-refractivity contribution in [1.29, 1.82) is 0 Å². The number of rotatable bonds is 6. The first-order valence-corrected chi connectivity index (χ1v) is 7.50. The minimum atomic E-state index is -1.09. The van der Waals surface area contributed by atoms with E-state index in [-0.39, 0.29) is 5.78 Å². The normalized spacial score (nSPS) is 12.1. The van der Waals surface area contributed by atoms with Crippen LogP contribution in [-0.2, 0) is 6.42 Å². The fourth-order valence-electron chi connectivity index (χ4n) is 2.47. The third-order valence-electron chi connectivity index (χ3n) is 3.74. The van der Waals surface area contributed by atoms with Crippen LogP contribution in [0.2, 0.25) is 0 Å². The lowest BCUT2D eigenvalue weighted by Crippen LogP contribution is -2.13. The molecule has 0 spiro atoms. The lowest BCUT2D eigenvalue weighted by molar-refractivity contribution is 0.0747. The lowest BCUT2D eigenvalue weighted by Gasteiger charge is -2.13. The first kappa shape index (κ1) is 15.5. The van der Waals surface area contributed by atoms with Crippen LogP contribution in [0.3, 0.4) is 0 Å². The topological polar surface area (TPSA) is 37.3 Å². The summed E-state index contributed by atoms with van der Waals surface area (Å²) in [7, 11) is 0. The summed E-state index contributed by atoms with van der Waals surface area (Å²) < 4.78 is 0.